The quantitative estimate of drug-likeness (QED) is 0.768. The van der Waals surface area contributed by atoms with Gasteiger partial charge >= 0.3 is 0 Å². The highest BCUT2D eigenvalue weighted by atomic mass is 35.5. The summed E-state index contributed by atoms with van der Waals surface area (Å²) < 4.78 is 5.33. The number of halogens is 1. The predicted molar refractivity (Wildman–Crippen MR) is 67.0 cm³/mol. The van der Waals surface area contributed by atoms with Crippen LogP contribution in [0.25, 0.3) is 0 Å². The predicted octanol–water partition coefficient (Wildman–Crippen LogP) is 1.09. The summed E-state index contributed by atoms with van der Waals surface area (Å²) >= 11 is 0. The van der Waals surface area contributed by atoms with Crippen LogP contribution in [0.2, 0.25) is 0 Å². The van der Waals surface area contributed by atoms with Gasteiger partial charge in [-0.3, -0.25) is 4.79 Å². The number of nitrogens with one attached hydrogen (secondary N) is 2. The summed E-state index contributed by atoms with van der Waals surface area (Å²) in [6.45, 7) is 6.44. The standard InChI is InChI=1S/C11H22N2O2.ClH/c1-9(2)15-7-5-11(14)13-10-4-3-6-12-8-10;/h9-10,12H,3-8H2,1-2H3,(H,13,14);1H/t10-;/m0./s1. The van der Waals surface area contributed by atoms with Gasteiger partial charge in [0.05, 0.1) is 12.7 Å². The van der Waals surface area contributed by atoms with Gasteiger partial charge in [0.2, 0.25) is 5.91 Å². The maximum atomic E-state index is 11.5. The molecule has 0 aliphatic carbocycles. The van der Waals surface area contributed by atoms with E-state index in [1.807, 2.05) is 13.8 Å². The normalized spacial score (nSPS) is 20.3. The van der Waals surface area contributed by atoms with E-state index in [0.29, 0.717) is 19.1 Å². The van der Waals surface area contributed by atoms with Crippen molar-refractivity contribution in [3.05, 3.63) is 0 Å². The highest BCUT2D eigenvalue weighted by molar-refractivity contribution is 5.85. The third kappa shape index (κ3) is 7.04. The van der Waals surface area contributed by atoms with Crippen LogP contribution in [-0.2, 0) is 9.53 Å². The zero-order valence-electron chi connectivity index (χ0n) is 10.1. The van der Waals surface area contributed by atoms with Gasteiger partial charge in [0, 0.05) is 19.0 Å². The molecule has 2 N–H and O–H groups in total. The number of carbonyl (C=O) groups excluding carboxylic acids is 1. The minimum atomic E-state index is 0. The van der Waals surface area contributed by atoms with Gasteiger partial charge in [0.15, 0.2) is 0 Å². The van der Waals surface area contributed by atoms with E-state index < -0.39 is 0 Å². The second-order valence-corrected chi connectivity index (χ2v) is 4.28. The molecular formula is C11H23ClN2O2. The molecule has 0 bridgehead atoms. The van der Waals surface area contributed by atoms with Crippen LogP contribution in [0.15, 0.2) is 0 Å². The van der Waals surface area contributed by atoms with E-state index in [9.17, 15) is 4.79 Å². The van der Waals surface area contributed by atoms with Crippen LogP contribution in [0.3, 0.4) is 0 Å². The molecule has 0 spiro atoms. The Morgan fingerprint density at radius 3 is 2.88 bits per heavy atom. The minimum absolute atomic E-state index is 0. The fourth-order valence-electron chi connectivity index (χ4n) is 1.66. The Bertz CT molecular complexity index is 194. The number of hydrogen-bond acceptors (Lipinski definition) is 3. The lowest BCUT2D eigenvalue weighted by Crippen LogP contribution is -2.45. The molecular weight excluding hydrogens is 228 g/mol. The molecule has 1 fully saturated rings. The first-order valence-corrected chi connectivity index (χ1v) is 5.80. The molecule has 16 heavy (non-hydrogen) atoms. The fourth-order valence-corrected chi connectivity index (χ4v) is 1.66. The van der Waals surface area contributed by atoms with E-state index in [2.05, 4.69) is 10.6 Å². The van der Waals surface area contributed by atoms with Crippen LogP contribution in [0, 0.1) is 0 Å². The summed E-state index contributed by atoms with van der Waals surface area (Å²) in [7, 11) is 0. The van der Waals surface area contributed by atoms with E-state index >= 15 is 0 Å². The topological polar surface area (TPSA) is 50.4 Å². The number of ether oxygens (including phenoxy) is 1. The molecule has 1 atom stereocenters. The molecule has 96 valence electrons. The van der Waals surface area contributed by atoms with Crippen LogP contribution >= 0.6 is 12.4 Å². The summed E-state index contributed by atoms with van der Waals surface area (Å²) in [5.74, 6) is 0.101. The van der Waals surface area contributed by atoms with Crippen molar-refractivity contribution in [2.75, 3.05) is 19.7 Å². The number of hydrogen-bond donors (Lipinski definition) is 2. The molecule has 0 aromatic heterocycles. The molecule has 0 radical (unpaired) electrons. The average molecular weight is 251 g/mol. The van der Waals surface area contributed by atoms with E-state index in [-0.39, 0.29) is 24.4 Å². The molecule has 1 saturated heterocycles. The average Bonchev–Trinajstić information content (AvgIpc) is 2.18. The lowest BCUT2D eigenvalue weighted by Gasteiger charge is -2.23. The van der Waals surface area contributed by atoms with E-state index in [0.717, 1.165) is 25.9 Å². The van der Waals surface area contributed by atoms with Crippen molar-refractivity contribution in [3.63, 3.8) is 0 Å². The van der Waals surface area contributed by atoms with Crippen LogP contribution in [0.4, 0.5) is 0 Å². The highest BCUT2D eigenvalue weighted by Crippen LogP contribution is 2.01. The van der Waals surface area contributed by atoms with E-state index in [4.69, 9.17) is 4.74 Å². The lowest BCUT2D eigenvalue weighted by molar-refractivity contribution is -0.123. The summed E-state index contributed by atoms with van der Waals surface area (Å²) in [6.07, 6.45) is 2.90. The Kier molecular flexibility index (Phi) is 8.61. The van der Waals surface area contributed by atoms with Crippen molar-refractivity contribution >= 4 is 18.3 Å². The van der Waals surface area contributed by atoms with Crippen molar-refractivity contribution in [2.45, 2.75) is 45.3 Å². The second-order valence-electron chi connectivity index (χ2n) is 4.28. The van der Waals surface area contributed by atoms with Gasteiger partial charge in [-0.05, 0) is 33.2 Å². The Morgan fingerprint density at radius 2 is 2.31 bits per heavy atom. The first-order chi connectivity index (χ1) is 7.18. The van der Waals surface area contributed by atoms with Gasteiger partial charge in [0.1, 0.15) is 0 Å². The van der Waals surface area contributed by atoms with Crippen molar-refractivity contribution in [2.24, 2.45) is 0 Å². The fraction of sp³-hybridized carbons (Fsp3) is 0.909. The molecule has 1 aliphatic rings. The van der Waals surface area contributed by atoms with Crippen molar-refractivity contribution in [1.82, 2.24) is 10.6 Å². The molecule has 0 unspecified atom stereocenters. The number of piperidine rings is 1. The SMILES string of the molecule is CC(C)OCCC(=O)N[C@H]1CCCNC1.Cl. The minimum Gasteiger partial charge on any atom is -0.378 e. The number of rotatable bonds is 5. The summed E-state index contributed by atoms with van der Waals surface area (Å²) in [5, 5.41) is 6.28. The van der Waals surface area contributed by atoms with Gasteiger partial charge in [-0.2, -0.15) is 0 Å². The summed E-state index contributed by atoms with van der Waals surface area (Å²) in [5.41, 5.74) is 0. The number of carbonyl (C=O) groups is 1. The smallest absolute Gasteiger partial charge is 0.222 e. The molecule has 4 nitrogen and oxygen atoms in total. The first kappa shape index (κ1) is 15.7. The van der Waals surface area contributed by atoms with Gasteiger partial charge in [-0.25, -0.2) is 0 Å². The van der Waals surface area contributed by atoms with Crippen LogP contribution in [0.5, 0.6) is 0 Å². The molecule has 0 aromatic rings. The Hall–Kier alpha value is -0.320. The summed E-state index contributed by atoms with van der Waals surface area (Å²) in [4.78, 5) is 11.5. The van der Waals surface area contributed by atoms with Crippen molar-refractivity contribution in [1.29, 1.82) is 0 Å². The molecule has 1 aliphatic heterocycles. The van der Waals surface area contributed by atoms with Crippen molar-refractivity contribution in [3.8, 4) is 0 Å². The molecule has 0 saturated carbocycles. The Balaban J connectivity index is 0.00000225. The summed E-state index contributed by atoms with van der Waals surface area (Å²) in [6, 6.07) is 0.310. The van der Waals surface area contributed by atoms with Gasteiger partial charge in [-0.1, -0.05) is 0 Å². The third-order valence-electron chi connectivity index (χ3n) is 2.44. The molecule has 1 heterocycles. The van der Waals surface area contributed by atoms with Crippen molar-refractivity contribution < 1.29 is 9.53 Å². The van der Waals surface area contributed by atoms with Gasteiger partial charge in [0.25, 0.3) is 0 Å². The largest absolute Gasteiger partial charge is 0.378 e. The molecule has 1 amide bonds. The third-order valence-corrected chi connectivity index (χ3v) is 2.44. The molecule has 1 rings (SSSR count). The Morgan fingerprint density at radius 1 is 1.56 bits per heavy atom. The van der Waals surface area contributed by atoms with E-state index in [1.165, 1.54) is 0 Å². The molecule has 0 aromatic carbocycles. The zero-order valence-corrected chi connectivity index (χ0v) is 10.9. The van der Waals surface area contributed by atoms with Crippen LogP contribution in [0.1, 0.15) is 33.1 Å². The second kappa shape index (κ2) is 8.79. The maximum absolute atomic E-state index is 11.5. The monoisotopic (exact) mass is 250 g/mol. The lowest BCUT2D eigenvalue weighted by atomic mass is 10.1. The zero-order chi connectivity index (χ0) is 11.1. The maximum Gasteiger partial charge on any atom is 0.222 e. The van der Waals surface area contributed by atoms with Gasteiger partial charge < -0.3 is 15.4 Å². The van der Waals surface area contributed by atoms with Crippen LogP contribution < -0.4 is 10.6 Å². The molecule has 5 heteroatoms. The first-order valence-electron chi connectivity index (χ1n) is 5.80. The van der Waals surface area contributed by atoms with Crippen LogP contribution in [-0.4, -0.2) is 37.7 Å². The number of amides is 1. The van der Waals surface area contributed by atoms with E-state index in [1.54, 1.807) is 0 Å². The highest BCUT2D eigenvalue weighted by Gasteiger charge is 2.14. The Labute approximate surface area is 104 Å². The van der Waals surface area contributed by atoms with Gasteiger partial charge in [-0.15, -0.1) is 12.4 Å².